The standard InChI is InChI=1S/C16H14I3NO2.CH4/c1-9(21)15(20)7-10-5-13(18)16(14(19)6-10)22-12-4-2-3-11(17)8-12;/h2-6,8,15H,7,20H2,1H3;1H4/t15-;/m0./s1. The molecule has 0 aliphatic rings. The molecular formula is C17H18I3NO2. The van der Waals surface area contributed by atoms with Crippen LogP contribution in [-0.2, 0) is 11.2 Å². The molecular weight excluding hydrogens is 631 g/mol. The van der Waals surface area contributed by atoms with Gasteiger partial charge in [-0.1, -0.05) is 13.5 Å². The van der Waals surface area contributed by atoms with Gasteiger partial charge in [0.05, 0.1) is 13.2 Å². The fourth-order valence-corrected chi connectivity index (χ4v) is 4.51. The molecule has 2 rings (SSSR count). The topological polar surface area (TPSA) is 52.3 Å². The Balaban J connectivity index is 0.00000264. The van der Waals surface area contributed by atoms with Crippen molar-refractivity contribution in [1.82, 2.24) is 0 Å². The zero-order valence-corrected chi connectivity index (χ0v) is 18.2. The Labute approximate surface area is 178 Å². The van der Waals surface area contributed by atoms with Crippen LogP contribution in [0, 0.1) is 10.7 Å². The number of halogens is 3. The van der Waals surface area contributed by atoms with Crippen LogP contribution in [0.4, 0.5) is 0 Å². The summed E-state index contributed by atoms with van der Waals surface area (Å²) in [5, 5.41) is 0. The Kier molecular flexibility index (Phi) is 8.73. The Morgan fingerprint density at radius 2 is 1.78 bits per heavy atom. The van der Waals surface area contributed by atoms with Gasteiger partial charge in [0.25, 0.3) is 0 Å². The third-order valence-electron chi connectivity index (χ3n) is 3.05. The fraction of sp³-hybridized carbons (Fsp3) is 0.235. The van der Waals surface area contributed by atoms with Gasteiger partial charge in [0, 0.05) is 3.57 Å². The lowest BCUT2D eigenvalue weighted by atomic mass is 10.0. The molecule has 124 valence electrons. The zero-order valence-electron chi connectivity index (χ0n) is 11.8. The first-order chi connectivity index (χ1) is 10.4. The molecule has 0 spiro atoms. The number of Topliss-reactive ketones (excluding diaryl/α,β-unsaturated/α-hetero) is 1. The highest BCUT2D eigenvalue weighted by molar-refractivity contribution is 14.1. The molecule has 0 fully saturated rings. The molecule has 2 N–H and O–H groups in total. The van der Waals surface area contributed by atoms with E-state index in [9.17, 15) is 4.79 Å². The molecule has 0 saturated carbocycles. The van der Waals surface area contributed by atoms with Crippen molar-refractivity contribution in [3.8, 4) is 11.5 Å². The quantitative estimate of drug-likeness (QED) is 0.443. The predicted octanol–water partition coefficient (Wildman–Crippen LogP) is 5.39. The summed E-state index contributed by atoms with van der Waals surface area (Å²) >= 11 is 6.77. The molecule has 0 radical (unpaired) electrons. The van der Waals surface area contributed by atoms with Crippen LogP contribution in [-0.4, -0.2) is 11.8 Å². The molecule has 1 atom stereocenters. The van der Waals surface area contributed by atoms with Gasteiger partial charge in [-0.25, -0.2) is 0 Å². The number of ether oxygens (including phenoxy) is 1. The molecule has 0 bridgehead atoms. The van der Waals surface area contributed by atoms with Crippen molar-refractivity contribution in [1.29, 1.82) is 0 Å². The molecule has 6 heteroatoms. The molecule has 0 saturated heterocycles. The van der Waals surface area contributed by atoms with E-state index in [0.717, 1.165) is 27.8 Å². The van der Waals surface area contributed by atoms with Crippen molar-refractivity contribution in [2.45, 2.75) is 26.8 Å². The van der Waals surface area contributed by atoms with Crippen LogP contribution in [0.15, 0.2) is 36.4 Å². The fourth-order valence-electron chi connectivity index (χ4n) is 1.87. The lowest BCUT2D eigenvalue weighted by molar-refractivity contribution is -0.118. The first-order valence-electron chi connectivity index (χ1n) is 6.54. The van der Waals surface area contributed by atoms with Crippen molar-refractivity contribution in [3.05, 3.63) is 52.7 Å². The van der Waals surface area contributed by atoms with E-state index in [1.807, 2.05) is 36.4 Å². The van der Waals surface area contributed by atoms with Crippen molar-refractivity contribution in [2.75, 3.05) is 0 Å². The average molecular weight is 649 g/mol. The molecule has 2 aromatic carbocycles. The lowest BCUT2D eigenvalue weighted by Crippen LogP contribution is -2.30. The summed E-state index contributed by atoms with van der Waals surface area (Å²) in [4.78, 5) is 11.3. The van der Waals surface area contributed by atoms with Crippen molar-refractivity contribution in [2.24, 2.45) is 5.73 Å². The van der Waals surface area contributed by atoms with Crippen LogP contribution in [0.5, 0.6) is 11.5 Å². The predicted molar refractivity (Wildman–Crippen MR) is 120 cm³/mol. The van der Waals surface area contributed by atoms with E-state index < -0.39 is 6.04 Å². The SMILES string of the molecule is C.CC(=O)[C@@H](N)Cc1cc(I)c(Oc2cccc(I)c2)c(I)c1. The number of ketones is 1. The van der Waals surface area contributed by atoms with Gasteiger partial charge >= 0.3 is 0 Å². The van der Waals surface area contributed by atoms with Gasteiger partial charge < -0.3 is 10.5 Å². The number of carbonyl (C=O) groups excluding carboxylic acids is 1. The Hall–Kier alpha value is 0.0600. The normalized spacial score (nSPS) is 11.5. The second-order valence-electron chi connectivity index (χ2n) is 4.87. The third-order valence-corrected chi connectivity index (χ3v) is 5.33. The largest absolute Gasteiger partial charge is 0.455 e. The third kappa shape index (κ3) is 6.13. The maximum Gasteiger partial charge on any atom is 0.154 e. The Morgan fingerprint density at radius 1 is 1.17 bits per heavy atom. The smallest absolute Gasteiger partial charge is 0.154 e. The highest BCUT2D eigenvalue weighted by atomic mass is 127. The number of nitrogens with two attached hydrogens (primary N) is 1. The van der Waals surface area contributed by atoms with Crippen LogP contribution in [0.1, 0.15) is 19.9 Å². The Morgan fingerprint density at radius 3 is 2.30 bits per heavy atom. The molecule has 3 nitrogen and oxygen atoms in total. The maximum atomic E-state index is 11.3. The van der Waals surface area contributed by atoms with Crippen LogP contribution in [0.25, 0.3) is 0 Å². The van der Waals surface area contributed by atoms with E-state index in [2.05, 4.69) is 67.8 Å². The van der Waals surface area contributed by atoms with Gasteiger partial charge in [-0.3, -0.25) is 4.79 Å². The van der Waals surface area contributed by atoms with Gasteiger partial charge in [-0.05, 0) is 117 Å². The molecule has 0 aromatic heterocycles. The van der Waals surface area contributed by atoms with Crippen molar-refractivity contribution in [3.63, 3.8) is 0 Å². The van der Waals surface area contributed by atoms with Gasteiger partial charge in [0.2, 0.25) is 0 Å². The number of rotatable bonds is 5. The summed E-state index contributed by atoms with van der Waals surface area (Å²) in [6.45, 7) is 1.52. The van der Waals surface area contributed by atoms with Gasteiger partial charge in [0.1, 0.15) is 11.5 Å². The maximum absolute atomic E-state index is 11.3. The van der Waals surface area contributed by atoms with E-state index in [1.54, 1.807) is 0 Å². The summed E-state index contributed by atoms with van der Waals surface area (Å²) in [6.07, 6.45) is 0.546. The molecule has 0 aliphatic carbocycles. The van der Waals surface area contributed by atoms with E-state index in [0.29, 0.717) is 6.42 Å². The molecule has 0 aliphatic heterocycles. The molecule has 0 heterocycles. The van der Waals surface area contributed by atoms with E-state index >= 15 is 0 Å². The number of hydrogen-bond donors (Lipinski definition) is 1. The number of hydrogen-bond acceptors (Lipinski definition) is 3. The molecule has 23 heavy (non-hydrogen) atoms. The Bertz CT molecular complexity index is 681. The average Bonchev–Trinajstić information content (AvgIpc) is 2.43. The van der Waals surface area contributed by atoms with Crippen LogP contribution >= 0.6 is 67.8 Å². The van der Waals surface area contributed by atoms with Crippen molar-refractivity contribution >= 4 is 73.6 Å². The minimum atomic E-state index is -0.450. The summed E-state index contributed by atoms with van der Waals surface area (Å²) in [6, 6.07) is 11.5. The minimum absolute atomic E-state index is 0. The van der Waals surface area contributed by atoms with Gasteiger partial charge in [0.15, 0.2) is 5.75 Å². The highest BCUT2D eigenvalue weighted by Gasteiger charge is 2.14. The summed E-state index contributed by atoms with van der Waals surface area (Å²) in [7, 11) is 0. The van der Waals surface area contributed by atoms with Crippen molar-refractivity contribution < 1.29 is 9.53 Å². The van der Waals surface area contributed by atoms with Crippen LogP contribution in [0.3, 0.4) is 0 Å². The lowest BCUT2D eigenvalue weighted by Gasteiger charge is -2.14. The molecule has 2 aromatic rings. The second-order valence-corrected chi connectivity index (χ2v) is 8.44. The zero-order chi connectivity index (χ0) is 16.3. The van der Waals surface area contributed by atoms with Crippen LogP contribution < -0.4 is 10.5 Å². The van der Waals surface area contributed by atoms with Gasteiger partial charge in [-0.2, -0.15) is 0 Å². The monoisotopic (exact) mass is 649 g/mol. The highest BCUT2D eigenvalue weighted by Crippen LogP contribution is 2.33. The number of carbonyl (C=O) groups is 1. The van der Waals surface area contributed by atoms with Crippen LogP contribution in [0.2, 0.25) is 0 Å². The number of benzene rings is 2. The van der Waals surface area contributed by atoms with E-state index in [-0.39, 0.29) is 13.2 Å². The first-order valence-corrected chi connectivity index (χ1v) is 9.78. The molecule has 0 unspecified atom stereocenters. The summed E-state index contributed by atoms with van der Waals surface area (Å²) in [5.41, 5.74) is 6.89. The van der Waals surface area contributed by atoms with E-state index in [4.69, 9.17) is 10.5 Å². The second kappa shape index (κ2) is 9.52. The minimum Gasteiger partial charge on any atom is -0.455 e. The summed E-state index contributed by atoms with van der Waals surface area (Å²) < 4.78 is 9.16. The van der Waals surface area contributed by atoms with E-state index in [1.165, 1.54) is 6.92 Å². The summed E-state index contributed by atoms with van der Waals surface area (Å²) in [5.74, 6) is 1.66. The molecule has 0 amide bonds. The van der Waals surface area contributed by atoms with Gasteiger partial charge in [-0.15, -0.1) is 0 Å². The first kappa shape index (κ1) is 21.1.